The smallest absolute Gasteiger partial charge is 0.290 e. The number of carbonyl (C=O) groups excluding carboxylic acids is 1. The number of aromatic amines is 1. The molecule has 2 aliphatic rings. The molecule has 0 unspecified atom stereocenters. The lowest BCUT2D eigenvalue weighted by Crippen LogP contribution is -2.52. The molecule has 3 atom stereocenters. The van der Waals surface area contributed by atoms with Crippen molar-refractivity contribution in [3.05, 3.63) is 33.2 Å². The molecule has 25 heavy (non-hydrogen) atoms. The number of aryl methyl sites for hydroxylation is 2. The molecule has 2 fully saturated rings. The fourth-order valence-electron chi connectivity index (χ4n) is 3.71. The summed E-state index contributed by atoms with van der Waals surface area (Å²) in [5, 5.41) is 16.2. The maximum absolute atomic E-state index is 12.9. The van der Waals surface area contributed by atoms with E-state index < -0.39 is 0 Å². The predicted octanol–water partition coefficient (Wildman–Crippen LogP) is 0.304. The highest BCUT2D eigenvalue weighted by Crippen LogP contribution is 2.34. The number of rotatable bonds is 2. The number of hydrogen-bond acceptors (Lipinski definition) is 5. The number of carboxylic acid groups (broad SMARTS) is 1. The van der Waals surface area contributed by atoms with Gasteiger partial charge in [0.25, 0.3) is 17.9 Å². The molecule has 138 valence electrons. The summed E-state index contributed by atoms with van der Waals surface area (Å²) in [5.41, 5.74) is 1.34. The molecule has 0 radical (unpaired) electrons. The SMILES string of the molecule is Cc1cc(C)c(C(=O)N2CCO[C@H]3C[C@H](CO)C[C@@H]32)c(=O)[nH]1.O=CO. The van der Waals surface area contributed by atoms with E-state index in [1.807, 2.05) is 6.07 Å². The number of aliphatic hydroxyl groups is 1. The van der Waals surface area contributed by atoms with Crippen molar-refractivity contribution in [1.29, 1.82) is 0 Å². The fraction of sp³-hybridized carbons (Fsp3) is 0.588. The topological polar surface area (TPSA) is 120 Å². The van der Waals surface area contributed by atoms with E-state index in [1.165, 1.54) is 0 Å². The third-order valence-corrected chi connectivity index (χ3v) is 4.73. The number of hydrogen-bond donors (Lipinski definition) is 3. The molecule has 2 heterocycles. The van der Waals surface area contributed by atoms with Gasteiger partial charge < -0.3 is 24.8 Å². The molecular weight excluding hydrogens is 328 g/mol. The molecule has 1 amide bonds. The Morgan fingerprint density at radius 2 is 2.12 bits per heavy atom. The van der Waals surface area contributed by atoms with Crippen LogP contribution in [0.1, 0.15) is 34.5 Å². The lowest BCUT2D eigenvalue weighted by molar-refractivity contribution is -0.122. The number of aromatic nitrogens is 1. The normalized spacial score (nSPS) is 24.9. The lowest BCUT2D eigenvalue weighted by Gasteiger charge is -2.37. The molecule has 1 aliphatic heterocycles. The minimum Gasteiger partial charge on any atom is -0.483 e. The first kappa shape index (κ1) is 19.1. The van der Waals surface area contributed by atoms with Crippen LogP contribution < -0.4 is 5.56 Å². The van der Waals surface area contributed by atoms with Gasteiger partial charge in [-0.1, -0.05) is 0 Å². The number of nitrogens with one attached hydrogen (secondary N) is 1. The van der Waals surface area contributed by atoms with Gasteiger partial charge in [0.1, 0.15) is 5.56 Å². The van der Waals surface area contributed by atoms with Gasteiger partial charge in [-0.15, -0.1) is 0 Å². The van der Waals surface area contributed by atoms with Crippen molar-refractivity contribution >= 4 is 12.4 Å². The molecule has 1 saturated heterocycles. The molecule has 0 aromatic carbocycles. The molecular formula is C17H24N2O6. The number of nitrogens with zero attached hydrogens (tertiary/aromatic N) is 1. The van der Waals surface area contributed by atoms with Crippen LogP contribution in [0.15, 0.2) is 10.9 Å². The van der Waals surface area contributed by atoms with Gasteiger partial charge in [0.05, 0.1) is 18.8 Å². The Kier molecular flexibility index (Phi) is 6.33. The summed E-state index contributed by atoms with van der Waals surface area (Å²) < 4.78 is 5.74. The van der Waals surface area contributed by atoms with Gasteiger partial charge in [-0.25, -0.2) is 0 Å². The van der Waals surface area contributed by atoms with Gasteiger partial charge in [0.15, 0.2) is 0 Å². The van der Waals surface area contributed by atoms with Crippen LogP contribution in [0.2, 0.25) is 0 Å². The van der Waals surface area contributed by atoms with E-state index in [9.17, 15) is 14.7 Å². The molecule has 1 aromatic heterocycles. The number of morpholine rings is 1. The number of carbonyl (C=O) groups is 2. The van der Waals surface area contributed by atoms with Crippen LogP contribution >= 0.6 is 0 Å². The Morgan fingerprint density at radius 3 is 2.72 bits per heavy atom. The molecule has 1 aromatic rings. The maximum atomic E-state index is 12.9. The van der Waals surface area contributed by atoms with Crippen molar-refractivity contribution in [3.63, 3.8) is 0 Å². The fourth-order valence-corrected chi connectivity index (χ4v) is 3.71. The van der Waals surface area contributed by atoms with Crippen LogP contribution in [0.5, 0.6) is 0 Å². The number of fused-ring (bicyclic) bond motifs is 1. The van der Waals surface area contributed by atoms with E-state index in [1.54, 1.807) is 18.7 Å². The lowest BCUT2D eigenvalue weighted by atomic mass is 10.0. The first-order chi connectivity index (χ1) is 11.9. The number of H-pyrrole nitrogens is 1. The Hall–Kier alpha value is -2.19. The predicted molar refractivity (Wildman–Crippen MR) is 89.6 cm³/mol. The molecule has 8 nitrogen and oxygen atoms in total. The summed E-state index contributed by atoms with van der Waals surface area (Å²) in [6.45, 7) is 4.43. The summed E-state index contributed by atoms with van der Waals surface area (Å²) in [5.74, 6) is -0.0589. The monoisotopic (exact) mass is 352 g/mol. The van der Waals surface area contributed by atoms with Gasteiger partial charge in [-0.3, -0.25) is 14.4 Å². The van der Waals surface area contributed by atoms with E-state index >= 15 is 0 Å². The van der Waals surface area contributed by atoms with E-state index in [0.717, 1.165) is 18.5 Å². The number of ether oxygens (including phenoxy) is 1. The average Bonchev–Trinajstić information content (AvgIpc) is 2.97. The van der Waals surface area contributed by atoms with Crippen LogP contribution in [0, 0.1) is 19.8 Å². The van der Waals surface area contributed by atoms with E-state index in [2.05, 4.69) is 4.98 Å². The Morgan fingerprint density at radius 1 is 1.44 bits per heavy atom. The second-order valence-electron chi connectivity index (χ2n) is 6.44. The number of amides is 1. The van der Waals surface area contributed by atoms with Gasteiger partial charge in [-0.05, 0) is 44.2 Å². The molecule has 1 saturated carbocycles. The average molecular weight is 352 g/mol. The zero-order valence-corrected chi connectivity index (χ0v) is 14.4. The minimum atomic E-state index is -0.331. The van der Waals surface area contributed by atoms with Crippen molar-refractivity contribution in [2.45, 2.75) is 38.8 Å². The zero-order valence-electron chi connectivity index (χ0n) is 14.4. The number of aliphatic hydroxyl groups excluding tert-OH is 1. The van der Waals surface area contributed by atoms with Crippen LogP contribution in [0.25, 0.3) is 0 Å². The maximum Gasteiger partial charge on any atom is 0.290 e. The van der Waals surface area contributed by atoms with Gasteiger partial charge in [-0.2, -0.15) is 0 Å². The molecule has 3 N–H and O–H groups in total. The standard InChI is InChI=1S/C16H22N2O4.CH2O2/c1-9-5-10(2)17-15(20)14(9)16(21)18-3-4-22-13-7-11(8-19)6-12(13)18;2-1-3/h5,11-13,19H,3-4,6-8H2,1-2H3,(H,17,20);1H,(H,2,3)/t11-,12+,13+;/m1./s1. The summed E-state index contributed by atoms with van der Waals surface area (Å²) >= 11 is 0. The Bertz CT molecular complexity index is 686. The second kappa shape index (κ2) is 8.26. The van der Waals surface area contributed by atoms with Gasteiger partial charge >= 0.3 is 0 Å². The Balaban J connectivity index is 0.000000701. The van der Waals surface area contributed by atoms with Gasteiger partial charge in [0, 0.05) is 18.8 Å². The van der Waals surface area contributed by atoms with Gasteiger partial charge in [0.2, 0.25) is 0 Å². The van der Waals surface area contributed by atoms with Crippen LogP contribution in [0.3, 0.4) is 0 Å². The van der Waals surface area contributed by atoms with Crippen LogP contribution in [0.4, 0.5) is 0 Å². The van der Waals surface area contributed by atoms with Crippen molar-refractivity contribution in [3.8, 4) is 0 Å². The number of pyridine rings is 1. The molecule has 0 spiro atoms. The van der Waals surface area contributed by atoms with Crippen molar-refractivity contribution in [1.82, 2.24) is 9.88 Å². The first-order valence-electron chi connectivity index (χ1n) is 8.24. The largest absolute Gasteiger partial charge is 0.483 e. The molecule has 8 heteroatoms. The third-order valence-electron chi connectivity index (χ3n) is 4.73. The molecule has 1 aliphatic carbocycles. The van der Waals surface area contributed by atoms with Crippen LogP contribution in [-0.4, -0.2) is 64.4 Å². The zero-order chi connectivity index (χ0) is 18.6. The molecule has 3 rings (SSSR count). The summed E-state index contributed by atoms with van der Waals surface area (Å²) in [6, 6.07) is 1.77. The van der Waals surface area contributed by atoms with Crippen LogP contribution in [-0.2, 0) is 9.53 Å². The van der Waals surface area contributed by atoms with E-state index in [-0.39, 0.29) is 48.2 Å². The quantitative estimate of drug-likeness (QED) is 0.659. The highest BCUT2D eigenvalue weighted by Gasteiger charge is 2.43. The van der Waals surface area contributed by atoms with E-state index in [0.29, 0.717) is 18.7 Å². The summed E-state index contributed by atoms with van der Waals surface area (Å²) in [6.07, 6.45) is 1.48. The highest BCUT2D eigenvalue weighted by atomic mass is 16.5. The minimum absolute atomic E-state index is 0.0281. The second-order valence-corrected chi connectivity index (χ2v) is 6.44. The Labute approximate surface area is 145 Å². The van der Waals surface area contributed by atoms with Crippen molar-refractivity contribution in [2.24, 2.45) is 5.92 Å². The first-order valence-corrected chi connectivity index (χ1v) is 8.24. The molecule has 0 bridgehead atoms. The van der Waals surface area contributed by atoms with Crippen molar-refractivity contribution < 1.29 is 24.5 Å². The summed E-state index contributed by atoms with van der Waals surface area (Å²) in [7, 11) is 0. The highest BCUT2D eigenvalue weighted by molar-refractivity contribution is 5.95. The third kappa shape index (κ3) is 4.08. The van der Waals surface area contributed by atoms with E-state index in [4.69, 9.17) is 14.6 Å². The summed E-state index contributed by atoms with van der Waals surface area (Å²) in [4.78, 5) is 37.9. The van der Waals surface area contributed by atoms with Crippen molar-refractivity contribution in [2.75, 3.05) is 19.8 Å².